The summed E-state index contributed by atoms with van der Waals surface area (Å²) in [5.74, 6) is 0. The molecule has 0 aliphatic heterocycles. The van der Waals surface area contributed by atoms with Crippen LogP contribution in [0.2, 0.25) is 0 Å². The molecule has 0 rings (SSSR count). The summed E-state index contributed by atoms with van der Waals surface area (Å²) in [5, 5.41) is 0. The van der Waals surface area contributed by atoms with Gasteiger partial charge in [-0.2, -0.15) is 12.7 Å². The second kappa shape index (κ2) is 21.3. The van der Waals surface area contributed by atoms with Crippen LogP contribution in [0.25, 0.3) is 0 Å². The topological polar surface area (TPSA) is 46.6 Å². The Labute approximate surface area is 192 Å². The van der Waals surface area contributed by atoms with Gasteiger partial charge in [-0.3, -0.25) is 4.18 Å². The van der Waals surface area contributed by atoms with Gasteiger partial charge in [0.1, 0.15) is 0 Å². The molecule has 0 heterocycles. The zero-order chi connectivity index (χ0) is 19.5. The Kier molecular flexibility index (Phi) is 23.5. The Morgan fingerprint density at radius 1 is 0.741 bits per heavy atom. The quantitative estimate of drug-likeness (QED) is 0.158. The monoisotopic (exact) mass is 413 g/mol. The molecule has 0 aliphatic rings. The molecule has 0 radical (unpaired) electrons. The van der Waals surface area contributed by atoms with Crippen LogP contribution in [-0.2, 0) is 14.5 Å². The summed E-state index contributed by atoms with van der Waals surface area (Å²) in [5.41, 5.74) is 0. The Balaban J connectivity index is 0. The maximum absolute atomic E-state index is 11.6. The molecule has 6 heteroatoms. The average molecular weight is 414 g/mol. The molecule has 0 fully saturated rings. The van der Waals surface area contributed by atoms with Crippen LogP contribution < -0.4 is 0 Å². The molecule has 27 heavy (non-hydrogen) atoms. The SMILES string of the molecule is CCCCCCCC/C=C\CCCCCCCCN(C)S(=O)(=O)OCC.[NaH]. The number of unbranched alkanes of at least 4 members (excludes halogenated alkanes) is 12. The van der Waals surface area contributed by atoms with E-state index in [0.29, 0.717) is 6.54 Å². The predicted molar refractivity (Wildman–Crippen MR) is 120 cm³/mol. The molecule has 0 aromatic heterocycles. The van der Waals surface area contributed by atoms with Crippen molar-refractivity contribution in [2.24, 2.45) is 0 Å². The third-order valence-electron chi connectivity index (χ3n) is 4.63. The molecule has 0 atom stereocenters. The van der Waals surface area contributed by atoms with Gasteiger partial charge in [0.15, 0.2) is 0 Å². The fourth-order valence-corrected chi connectivity index (χ4v) is 3.76. The third-order valence-corrected chi connectivity index (χ3v) is 6.11. The molecule has 0 aromatic carbocycles. The van der Waals surface area contributed by atoms with Crippen LogP contribution in [0.3, 0.4) is 0 Å². The van der Waals surface area contributed by atoms with Crippen molar-refractivity contribution in [3.63, 3.8) is 0 Å². The van der Waals surface area contributed by atoms with Crippen LogP contribution >= 0.6 is 0 Å². The van der Waals surface area contributed by atoms with E-state index in [-0.39, 0.29) is 36.2 Å². The fourth-order valence-electron chi connectivity index (χ4n) is 2.93. The molecule has 0 bridgehead atoms. The minimum absolute atomic E-state index is 0. The van der Waals surface area contributed by atoms with E-state index < -0.39 is 10.3 Å². The summed E-state index contributed by atoms with van der Waals surface area (Å²) in [6.45, 7) is 4.69. The predicted octanol–water partition coefficient (Wildman–Crippen LogP) is 5.59. The van der Waals surface area contributed by atoms with Gasteiger partial charge in [-0.25, -0.2) is 0 Å². The molecule has 0 N–H and O–H groups in total. The number of rotatable bonds is 19. The van der Waals surface area contributed by atoms with Crippen molar-refractivity contribution in [1.82, 2.24) is 4.31 Å². The van der Waals surface area contributed by atoms with E-state index in [9.17, 15) is 8.42 Å². The van der Waals surface area contributed by atoms with Gasteiger partial charge in [0.25, 0.3) is 0 Å². The first-order chi connectivity index (χ1) is 12.5. The van der Waals surface area contributed by atoms with Gasteiger partial charge in [0.2, 0.25) is 0 Å². The number of hydrogen-bond donors (Lipinski definition) is 0. The van der Waals surface area contributed by atoms with Gasteiger partial charge < -0.3 is 0 Å². The summed E-state index contributed by atoms with van der Waals surface area (Å²) >= 11 is 0. The van der Waals surface area contributed by atoms with Crippen molar-refractivity contribution in [3.05, 3.63) is 12.2 Å². The Hall–Kier alpha value is 0.610. The van der Waals surface area contributed by atoms with Crippen molar-refractivity contribution in [2.45, 2.75) is 104 Å². The van der Waals surface area contributed by atoms with Crippen molar-refractivity contribution in [1.29, 1.82) is 0 Å². The van der Waals surface area contributed by atoms with Gasteiger partial charge in [0, 0.05) is 13.6 Å². The van der Waals surface area contributed by atoms with E-state index in [1.165, 1.54) is 81.4 Å². The minimum atomic E-state index is -3.51. The fraction of sp³-hybridized carbons (Fsp3) is 0.905. The van der Waals surface area contributed by atoms with E-state index in [4.69, 9.17) is 4.18 Å². The first-order valence-corrected chi connectivity index (χ1v) is 12.2. The Morgan fingerprint density at radius 2 is 1.19 bits per heavy atom. The van der Waals surface area contributed by atoms with E-state index >= 15 is 0 Å². The van der Waals surface area contributed by atoms with Gasteiger partial charge in [0.05, 0.1) is 6.61 Å². The standard InChI is InChI=1S/C21H43NO3S.Na.H/c1-4-6-7-8-9-10-11-12-13-14-15-16-17-18-19-20-21-22(3)26(23,24)25-5-2;;/h12-13H,4-11,14-21H2,1-3H3;;/b13-12-;;. The third kappa shape index (κ3) is 19.7. The van der Waals surface area contributed by atoms with E-state index in [0.717, 1.165) is 12.8 Å². The van der Waals surface area contributed by atoms with Crippen LogP contribution in [0.4, 0.5) is 0 Å². The van der Waals surface area contributed by atoms with Crippen molar-refractivity contribution in [3.8, 4) is 0 Å². The molecule has 0 aromatic rings. The first kappa shape index (κ1) is 29.8. The summed E-state index contributed by atoms with van der Waals surface area (Å²) < 4.78 is 29.3. The van der Waals surface area contributed by atoms with Crippen molar-refractivity contribution in [2.75, 3.05) is 20.2 Å². The van der Waals surface area contributed by atoms with Gasteiger partial charge in [-0.15, -0.1) is 0 Å². The Morgan fingerprint density at radius 3 is 1.67 bits per heavy atom. The second-order valence-corrected chi connectivity index (χ2v) is 8.84. The van der Waals surface area contributed by atoms with Crippen LogP contribution in [0.5, 0.6) is 0 Å². The molecule has 0 amide bonds. The molecule has 158 valence electrons. The molecule has 4 nitrogen and oxygen atoms in total. The molecule has 0 unspecified atom stereocenters. The molecule has 0 saturated heterocycles. The van der Waals surface area contributed by atoms with Crippen LogP contribution in [0.15, 0.2) is 12.2 Å². The summed E-state index contributed by atoms with van der Waals surface area (Å²) in [4.78, 5) is 0. The van der Waals surface area contributed by atoms with Gasteiger partial charge >= 0.3 is 39.9 Å². The second-order valence-electron chi connectivity index (χ2n) is 7.12. The summed E-state index contributed by atoms with van der Waals surface area (Å²) in [6.07, 6.45) is 22.3. The number of allylic oxidation sites excluding steroid dienone is 2. The van der Waals surface area contributed by atoms with Crippen molar-refractivity contribution < 1.29 is 12.6 Å². The molecule has 0 spiro atoms. The van der Waals surface area contributed by atoms with Gasteiger partial charge in [-0.1, -0.05) is 76.9 Å². The van der Waals surface area contributed by atoms with Crippen LogP contribution in [0, 0.1) is 0 Å². The summed E-state index contributed by atoms with van der Waals surface area (Å²) in [7, 11) is -1.92. The van der Waals surface area contributed by atoms with Crippen LogP contribution in [-0.4, -0.2) is 62.5 Å². The van der Waals surface area contributed by atoms with E-state index in [2.05, 4.69) is 19.1 Å². The zero-order valence-electron chi connectivity index (χ0n) is 17.5. The molecule has 0 aliphatic carbocycles. The van der Waals surface area contributed by atoms with E-state index in [1.54, 1.807) is 14.0 Å². The van der Waals surface area contributed by atoms with Gasteiger partial charge in [-0.05, 0) is 39.0 Å². The normalized spacial score (nSPS) is 12.0. The zero-order valence-corrected chi connectivity index (χ0v) is 18.4. The number of hydrogen-bond acceptors (Lipinski definition) is 3. The number of nitrogens with zero attached hydrogens (tertiary/aromatic N) is 1. The summed E-state index contributed by atoms with van der Waals surface area (Å²) in [6, 6.07) is 0. The van der Waals surface area contributed by atoms with Crippen molar-refractivity contribution >= 4 is 39.9 Å². The first-order valence-electron chi connectivity index (χ1n) is 10.8. The molecular formula is C21H44NNaO3S. The average Bonchev–Trinajstić information content (AvgIpc) is 2.61. The molecule has 0 saturated carbocycles. The van der Waals surface area contributed by atoms with Crippen LogP contribution in [0.1, 0.15) is 104 Å². The van der Waals surface area contributed by atoms with E-state index in [1.807, 2.05) is 0 Å². The maximum atomic E-state index is 11.6. The molecular weight excluding hydrogens is 369 g/mol. The Bertz CT molecular complexity index is 427.